The smallest absolute Gasteiger partial charge is 0.263 e. The molecule has 0 aliphatic rings. The Bertz CT molecular complexity index is 1440. The molecule has 1 amide bonds. The molecular formula is C26H26ClN3O2S2. The van der Waals surface area contributed by atoms with E-state index in [1.807, 2.05) is 61.7 Å². The molecule has 2 aromatic carbocycles. The SMILES string of the molecule is Cc1cccc(C(C)C)c1NC(=O)[C@@H](C)Sc1nc2scc(-c3ccccc3Cl)c2c(=O)n1C. The zero-order chi connectivity index (χ0) is 24.6. The third kappa shape index (κ3) is 4.65. The van der Waals surface area contributed by atoms with E-state index in [0.717, 1.165) is 27.9 Å². The molecule has 0 unspecified atom stereocenters. The number of halogens is 1. The van der Waals surface area contributed by atoms with E-state index in [1.165, 1.54) is 27.7 Å². The molecule has 0 spiro atoms. The number of aromatic nitrogens is 2. The maximum absolute atomic E-state index is 13.3. The molecule has 0 aliphatic heterocycles. The van der Waals surface area contributed by atoms with Crippen molar-refractivity contribution in [2.24, 2.45) is 7.05 Å². The minimum absolute atomic E-state index is 0.126. The van der Waals surface area contributed by atoms with Crippen LogP contribution in [0.15, 0.2) is 57.8 Å². The summed E-state index contributed by atoms with van der Waals surface area (Å²) in [6.07, 6.45) is 0. The van der Waals surface area contributed by atoms with Crippen LogP contribution in [0.4, 0.5) is 5.69 Å². The lowest BCUT2D eigenvalue weighted by atomic mass is 9.98. The summed E-state index contributed by atoms with van der Waals surface area (Å²) in [7, 11) is 1.69. The Labute approximate surface area is 212 Å². The van der Waals surface area contributed by atoms with Gasteiger partial charge in [-0.25, -0.2) is 4.98 Å². The van der Waals surface area contributed by atoms with Crippen LogP contribution in [-0.4, -0.2) is 20.7 Å². The van der Waals surface area contributed by atoms with Gasteiger partial charge in [0.25, 0.3) is 5.56 Å². The van der Waals surface area contributed by atoms with E-state index in [2.05, 4.69) is 19.2 Å². The summed E-state index contributed by atoms with van der Waals surface area (Å²) in [5.41, 5.74) is 4.41. The first-order chi connectivity index (χ1) is 16.2. The van der Waals surface area contributed by atoms with Gasteiger partial charge in [-0.05, 0) is 37.0 Å². The number of amides is 1. The monoisotopic (exact) mass is 511 g/mol. The first-order valence-electron chi connectivity index (χ1n) is 11.0. The Hall–Kier alpha value is -2.61. The normalized spacial score (nSPS) is 12.3. The van der Waals surface area contributed by atoms with E-state index in [9.17, 15) is 9.59 Å². The first-order valence-corrected chi connectivity index (χ1v) is 13.1. The van der Waals surface area contributed by atoms with Gasteiger partial charge in [-0.2, -0.15) is 0 Å². The predicted octanol–water partition coefficient (Wildman–Crippen LogP) is 6.87. The third-order valence-corrected chi connectivity index (χ3v) is 8.11. The number of nitrogens with zero attached hydrogens (tertiary/aromatic N) is 2. The molecule has 0 bridgehead atoms. The maximum atomic E-state index is 13.3. The number of thioether (sulfide) groups is 1. The second-order valence-electron chi connectivity index (χ2n) is 8.51. The number of nitrogens with one attached hydrogen (secondary N) is 1. The summed E-state index contributed by atoms with van der Waals surface area (Å²) in [6, 6.07) is 13.5. The van der Waals surface area contributed by atoms with Gasteiger partial charge in [0.15, 0.2) is 5.16 Å². The van der Waals surface area contributed by atoms with E-state index in [1.54, 1.807) is 7.05 Å². The molecule has 2 heterocycles. The number of hydrogen-bond acceptors (Lipinski definition) is 5. The number of hydrogen-bond donors (Lipinski definition) is 1. The number of para-hydroxylation sites is 1. The highest BCUT2D eigenvalue weighted by Crippen LogP contribution is 2.36. The van der Waals surface area contributed by atoms with E-state index >= 15 is 0 Å². The maximum Gasteiger partial charge on any atom is 0.263 e. The number of carbonyl (C=O) groups is 1. The van der Waals surface area contributed by atoms with Crippen molar-refractivity contribution in [1.82, 2.24) is 9.55 Å². The van der Waals surface area contributed by atoms with Crippen molar-refractivity contribution in [3.05, 3.63) is 74.3 Å². The molecule has 0 saturated carbocycles. The zero-order valence-corrected chi connectivity index (χ0v) is 22.1. The molecule has 176 valence electrons. The summed E-state index contributed by atoms with van der Waals surface area (Å²) in [5.74, 6) is 0.160. The fraction of sp³-hybridized carbons (Fsp3) is 0.269. The van der Waals surface area contributed by atoms with Crippen LogP contribution in [0.25, 0.3) is 21.3 Å². The minimum Gasteiger partial charge on any atom is -0.325 e. The molecule has 0 aliphatic carbocycles. The zero-order valence-electron chi connectivity index (χ0n) is 19.7. The van der Waals surface area contributed by atoms with Crippen molar-refractivity contribution >= 4 is 56.5 Å². The second kappa shape index (κ2) is 9.94. The van der Waals surface area contributed by atoms with Crippen LogP contribution in [0.2, 0.25) is 5.02 Å². The largest absolute Gasteiger partial charge is 0.325 e. The van der Waals surface area contributed by atoms with Crippen LogP contribution >= 0.6 is 34.7 Å². The number of thiophene rings is 1. The molecule has 4 aromatic rings. The van der Waals surface area contributed by atoms with Crippen molar-refractivity contribution in [3.8, 4) is 11.1 Å². The van der Waals surface area contributed by atoms with Crippen LogP contribution in [0.1, 0.15) is 37.8 Å². The van der Waals surface area contributed by atoms with Crippen LogP contribution < -0.4 is 10.9 Å². The van der Waals surface area contributed by atoms with Gasteiger partial charge in [0.2, 0.25) is 5.91 Å². The lowest BCUT2D eigenvalue weighted by Crippen LogP contribution is -2.26. The predicted molar refractivity (Wildman–Crippen MR) is 145 cm³/mol. The minimum atomic E-state index is -0.446. The molecule has 0 saturated heterocycles. The highest BCUT2D eigenvalue weighted by Gasteiger charge is 2.22. The van der Waals surface area contributed by atoms with Gasteiger partial charge in [-0.15, -0.1) is 11.3 Å². The number of benzene rings is 2. The Morgan fingerprint density at radius 2 is 1.85 bits per heavy atom. The molecule has 2 aromatic heterocycles. The van der Waals surface area contributed by atoms with Gasteiger partial charge in [0, 0.05) is 34.3 Å². The fourth-order valence-corrected chi connectivity index (χ4v) is 5.91. The Balaban J connectivity index is 1.63. The number of anilines is 1. The summed E-state index contributed by atoms with van der Waals surface area (Å²) in [5, 5.41) is 6.20. The van der Waals surface area contributed by atoms with Crippen molar-refractivity contribution < 1.29 is 4.79 Å². The molecule has 4 rings (SSSR count). The standard InChI is InChI=1S/C26H26ClN3O2S2/c1-14(2)17-11-8-9-15(3)22(17)28-23(31)16(4)34-26-29-24-21(25(32)30(26)5)19(13-33-24)18-10-6-7-12-20(18)27/h6-14,16H,1-5H3,(H,28,31)/t16-/m1/s1. The number of fused-ring (bicyclic) bond motifs is 1. The van der Waals surface area contributed by atoms with Gasteiger partial charge in [0.05, 0.1) is 10.6 Å². The average molecular weight is 512 g/mol. The number of carbonyl (C=O) groups excluding carboxylic acids is 1. The van der Waals surface area contributed by atoms with E-state index in [-0.39, 0.29) is 17.4 Å². The second-order valence-corrected chi connectivity index (χ2v) is 11.1. The Morgan fingerprint density at radius 3 is 2.56 bits per heavy atom. The summed E-state index contributed by atoms with van der Waals surface area (Å²) in [6.45, 7) is 8.03. The van der Waals surface area contributed by atoms with Gasteiger partial charge in [-0.1, -0.05) is 73.6 Å². The van der Waals surface area contributed by atoms with Crippen molar-refractivity contribution in [2.45, 2.75) is 44.0 Å². The topological polar surface area (TPSA) is 64.0 Å². The first kappa shape index (κ1) is 24.5. The highest BCUT2D eigenvalue weighted by atomic mass is 35.5. The van der Waals surface area contributed by atoms with Crippen LogP contribution in [0.5, 0.6) is 0 Å². The highest BCUT2D eigenvalue weighted by molar-refractivity contribution is 8.00. The van der Waals surface area contributed by atoms with Gasteiger partial charge >= 0.3 is 0 Å². The molecule has 34 heavy (non-hydrogen) atoms. The van der Waals surface area contributed by atoms with E-state index in [4.69, 9.17) is 16.6 Å². The summed E-state index contributed by atoms with van der Waals surface area (Å²) < 4.78 is 1.51. The molecule has 0 fully saturated rings. The molecule has 8 heteroatoms. The lowest BCUT2D eigenvalue weighted by Gasteiger charge is -2.19. The molecule has 1 N–H and O–H groups in total. The average Bonchev–Trinajstić information content (AvgIpc) is 3.22. The van der Waals surface area contributed by atoms with Crippen molar-refractivity contribution in [1.29, 1.82) is 0 Å². The van der Waals surface area contributed by atoms with E-state index in [0.29, 0.717) is 20.4 Å². The van der Waals surface area contributed by atoms with Crippen LogP contribution in [-0.2, 0) is 11.8 Å². The Kier molecular flexibility index (Phi) is 7.17. The van der Waals surface area contributed by atoms with Crippen LogP contribution in [0, 0.1) is 6.92 Å². The fourth-order valence-electron chi connectivity index (χ4n) is 3.82. The van der Waals surface area contributed by atoms with Crippen molar-refractivity contribution in [3.63, 3.8) is 0 Å². The summed E-state index contributed by atoms with van der Waals surface area (Å²) >= 11 is 9.06. The van der Waals surface area contributed by atoms with Gasteiger partial charge < -0.3 is 5.32 Å². The number of aryl methyl sites for hydroxylation is 1. The van der Waals surface area contributed by atoms with Crippen LogP contribution in [0.3, 0.4) is 0 Å². The lowest BCUT2D eigenvalue weighted by molar-refractivity contribution is -0.115. The van der Waals surface area contributed by atoms with Crippen molar-refractivity contribution in [2.75, 3.05) is 5.32 Å². The number of rotatable bonds is 6. The summed E-state index contributed by atoms with van der Waals surface area (Å²) in [4.78, 5) is 31.7. The quantitative estimate of drug-likeness (QED) is 0.227. The van der Waals surface area contributed by atoms with E-state index < -0.39 is 5.25 Å². The van der Waals surface area contributed by atoms with Gasteiger partial charge in [0.1, 0.15) is 4.83 Å². The molecule has 0 radical (unpaired) electrons. The van der Waals surface area contributed by atoms with Gasteiger partial charge in [-0.3, -0.25) is 14.2 Å². The molecule has 1 atom stereocenters. The molecular weight excluding hydrogens is 486 g/mol. The molecule has 5 nitrogen and oxygen atoms in total. The Morgan fingerprint density at radius 1 is 1.12 bits per heavy atom. The third-order valence-electron chi connectivity index (χ3n) is 5.76.